The van der Waals surface area contributed by atoms with Crippen LogP contribution in [0.15, 0.2) is 28.6 Å². The van der Waals surface area contributed by atoms with Crippen molar-refractivity contribution in [3.8, 4) is 0 Å². The van der Waals surface area contributed by atoms with Crippen molar-refractivity contribution in [1.82, 2.24) is 14.8 Å². The standard InChI is InChI=1S/C17H17ClN4O3S3/c1-10-6-15(22(21-10)12-4-5-28(24,25)9-12)20-16(23)8-26-17-19-13-7-11(18)2-3-14(13)27-17/h2-3,6-7,12H,4-5,8-9H2,1H3,(H,20,23). The Morgan fingerprint density at radius 1 is 1.43 bits per heavy atom. The number of nitrogens with zero attached hydrogens (tertiary/aromatic N) is 3. The van der Waals surface area contributed by atoms with E-state index in [0.717, 1.165) is 20.3 Å². The van der Waals surface area contributed by atoms with Crippen LogP contribution in [0.1, 0.15) is 18.2 Å². The van der Waals surface area contributed by atoms with E-state index in [1.165, 1.54) is 23.1 Å². The average molecular weight is 457 g/mol. The fraction of sp³-hybridized carbons (Fsp3) is 0.353. The lowest BCUT2D eigenvalue weighted by atomic mass is 10.3. The fourth-order valence-electron chi connectivity index (χ4n) is 3.10. The number of thioether (sulfide) groups is 1. The number of hydrogen-bond acceptors (Lipinski definition) is 7. The van der Waals surface area contributed by atoms with Crippen LogP contribution >= 0.6 is 34.7 Å². The first-order chi connectivity index (χ1) is 13.3. The predicted molar refractivity (Wildman–Crippen MR) is 113 cm³/mol. The highest BCUT2D eigenvalue weighted by Gasteiger charge is 2.31. The normalized spacial score (nSPS) is 18.6. The highest BCUT2D eigenvalue weighted by atomic mass is 35.5. The lowest BCUT2D eigenvalue weighted by Gasteiger charge is -2.13. The van der Waals surface area contributed by atoms with Crippen LogP contribution in [0.3, 0.4) is 0 Å². The van der Waals surface area contributed by atoms with Crippen molar-refractivity contribution in [2.45, 2.75) is 23.7 Å². The van der Waals surface area contributed by atoms with Crippen LogP contribution in [0, 0.1) is 6.92 Å². The number of sulfone groups is 1. The van der Waals surface area contributed by atoms with Crippen LogP contribution < -0.4 is 5.32 Å². The second-order valence-electron chi connectivity index (χ2n) is 6.60. The number of aryl methyl sites for hydroxylation is 1. The molecule has 3 aromatic rings. The maximum absolute atomic E-state index is 12.4. The summed E-state index contributed by atoms with van der Waals surface area (Å²) in [6.45, 7) is 1.82. The van der Waals surface area contributed by atoms with E-state index in [-0.39, 0.29) is 29.2 Å². The monoisotopic (exact) mass is 456 g/mol. The van der Waals surface area contributed by atoms with Crippen LogP contribution in [0.4, 0.5) is 5.82 Å². The van der Waals surface area contributed by atoms with Crippen molar-refractivity contribution in [1.29, 1.82) is 0 Å². The molecule has 1 aromatic carbocycles. The molecule has 3 heterocycles. The van der Waals surface area contributed by atoms with E-state index in [9.17, 15) is 13.2 Å². The topological polar surface area (TPSA) is 94.0 Å². The van der Waals surface area contributed by atoms with Crippen LogP contribution in [-0.4, -0.2) is 46.3 Å². The van der Waals surface area contributed by atoms with E-state index in [1.54, 1.807) is 16.8 Å². The number of aromatic nitrogens is 3. The van der Waals surface area contributed by atoms with Gasteiger partial charge in [0.25, 0.3) is 0 Å². The Hall–Kier alpha value is -1.62. The first-order valence-corrected chi connectivity index (χ1v) is 12.5. The molecule has 148 valence electrons. The van der Waals surface area contributed by atoms with Crippen LogP contribution in [0.5, 0.6) is 0 Å². The molecule has 4 rings (SSSR count). The van der Waals surface area contributed by atoms with Gasteiger partial charge in [0.2, 0.25) is 5.91 Å². The summed E-state index contributed by atoms with van der Waals surface area (Å²) in [6.07, 6.45) is 0.509. The number of carbonyl (C=O) groups excluding carboxylic acids is 1. The van der Waals surface area contributed by atoms with E-state index in [2.05, 4.69) is 15.4 Å². The highest BCUT2D eigenvalue weighted by molar-refractivity contribution is 8.01. The number of anilines is 1. The number of rotatable bonds is 5. The van der Waals surface area contributed by atoms with Gasteiger partial charge < -0.3 is 5.32 Å². The molecule has 1 N–H and O–H groups in total. The quantitative estimate of drug-likeness (QED) is 0.590. The molecule has 1 aliphatic rings. The van der Waals surface area contributed by atoms with Crippen molar-refractivity contribution in [2.24, 2.45) is 0 Å². The van der Waals surface area contributed by atoms with Gasteiger partial charge in [-0.3, -0.25) is 4.79 Å². The van der Waals surface area contributed by atoms with Crippen molar-refractivity contribution in [3.05, 3.63) is 35.0 Å². The van der Waals surface area contributed by atoms with Crippen molar-refractivity contribution in [2.75, 3.05) is 22.6 Å². The molecule has 1 atom stereocenters. The Labute approximate surface area is 175 Å². The molecule has 1 saturated heterocycles. The van der Waals surface area contributed by atoms with Crippen molar-refractivity contribution in [3.63, 3.8) is 0 Å². The maximum Gasteiger partial charge on any atom is 0.235 e. The fourth-order valence-corrected chi connectivity index (χ4v) is 6.81. The Morgan fingerprint density at radius 2 is 2.25 bits per heavy atom. The molecule has 1 fully saturated rings. The zero-order valence-corrected chi connectivity index (χ0v) is 18.1. The van der Waals surface area contributed by atoms with Gasteiger partial charge in [0.05, 0.1) is 39.2 Å². The molecule has 0 aliphatic carbocycles. The second-order valence-corrected chi connectivity index (χ2v) is 11.5. The summed E-state index contributed by atoms with van der Waals surface area (Å²) in [5.41, 5.74) is 1.55. The minimum Gasteiger partial charge on any atom is -0.310 e. The average Bonchev–Trinajstić information content (AvgIpc) is 3.29. The van der Waals surface area contributed by atoms with E-state index in [4.69, 9.17) is 11.6 Å². The Bertz CT molecular complexity index is 1160. The summed E-state index contributed by atoms with van der Waals surface area (Å²) in [6, 6.07) is 7.05. The molecule has 7 nitrogen and oxygen atoms in total. The third-order valence-electron chi connectivity index (χ3n) is 4.34. The molecule has 1 unspecified atom stereocenters. The van der Waals surface area contributed by atoms with Crippen LogP contribution in [0.2, 0.25) is 5.02 Å². The van der Waals surface area contributed by atoms with Gasteiger partial charge in [-0.05, 0) is 31.5 Å². The van der Waals surface area contributed by atoms with Gasteiger partial charge in [0.1, 0.15) is 5.82 Å². The Kier molecular flexibility index (Phi) is 5.38. The van der Waals surface area contributed by atoms with Gasteiger partial charge in [-0.25, -0.2) is 18.1 Å². The van der Waals surface area contributed by atoms with Gasteiger partial charge in [-0.1, -0.05) is 23.4 Å². The summed E-state index contributed by atoms with van der Waals surface area (Å²) in [5, 5.41) is 7.85. The minimum absolute atomic E-state index is 0.0556. The number of benzene rings is 1. The maximum atomic E-state index is 12.4. The number of hydrogen-bond donors (Lipinski definition) is 1. The largest absolute Gasteiger partial charge is 0.310 e. The van der Waals surface area contributed by atoms with Gasteiger partial charge >= 0.3 is 0 Å². The number of amides is 1. The first kappa shape index (κ1) is 19.7. The molecule has 1 aliphatic heterocycles. The molecule has 0 spiro atoms. The van der Waals surface area contributed by atoms with E-state index < -0.39 is 9.84 Å². The van der Waals surface area contributed by atoms with E-state index >= 15 is 0 Å². The second kappa shape index (κ2) is 7.66. The van der Waals surface area contributed by atoms with Crippen LogP contribution in [0.25, 0.3) is 10.2 Å². The number of nitrogens with one attached hydrogen (secondary N) is 1. The number of thiazole rings is 1. The third-order valence-corrected chi connectivity index (χ3v) is 8.50. The Morgan fingerprint density at radius 3 is 3.00 bits per heavy atom. The predicted octanol–water partition coefficient (Wildman–Crippen LogP) is 3.55. The summed E-state index contributed by atoms with van der Waals surface area (Å²) < 4.78 is 27.0. The molecular weight excluding hydrogens is 440 g/mol. The molecule has 0 bridgehead atoms. The first-order valence-electron chi connectivity index (χ1n) is 8.54. The van der Waals surface area contributed by atoms with E-state index in [0.29, 0.717) is 17.3 Å². The van der Waals surface area contributed by atoms with Gasteiger partial charge in [0, 0.05) is 11.1 Å². The van der Waals surface area contributed by atoms with Gasteiger partial charge in [-0.2, -0.15) is 5.10 Å². The summed E-state index contributed by atoms with van der Waals surface area (Å²) >= 11 is 8.84. The summed E-state index contributed by atoms with van der Waals surface area (Å²) in [5.74, 6) is 0.743. The van der Waals surface area contributed by atoms with E-state index in [1.807, 2.05) is 19.1 Å². The van der Waals surface area contributed by atoms with Gasteiger partial charge in [0.15, 0.2) is 14.2 Å². The molecule has 0 radical (unpaired) electrons. The lowest BCUT2D eigenvalue weighted by molar-refractivity contribution is -0.113. The number of halogens is 1. The van der Waals surface area contributed by atoms with Gasteiger partial charge in [-0.15, -0.1) is 11.3 Å². The smallest absolute Gasteiger partial charge is 0.235 e. The molecule has 2 aromatic heterocycles. The molecular formula is C17H17ClN4O3S3. The summed E-state index contributed by atoms with van der Waals surface area (Å²) in [7, 11) is -3.04. The third kappa shape index (κ3) is 4.35. The molecule has 1 amide bonds. The SMILES string of the molecule is Cc1cc(NC(=O)CSc2nc3cc(Cl)ccc3s2)n(C2CCS(=O)(=O)C2)n1. The van der Waals surface area contributed by atoms with Crippen LogP contribution in [-0.2, 0) is 14.6 Å². The molecule has 11 heteroatoms. The Balaban J connectivity index is 1.42. The molecule has 28 heavy (non-hydrogen) atoms. The number of fused-ring (bicyclic) bond motifs is 1. The van der Waals surface area contributed by atoms with Crippen molar-refractivity contribution >= 4 is 66.5 Å². The molecule has 0 saturated carbocycles. The highest BCUT2D eigenvalue weighted by Crippen LogP contribution is 2.31. The summed E-state index contributed by atoms with van der Waals surface area (Å²) in [4.78, 5) is 16.9. The number of carbonyl (C=O) groups is 1. The zero-order chi connectivity index (χ0) is 19.9. The van der Waals surface area contributed by atoms with Crippen molar-refractivity contribution < 1.29 is 13.2 Å². The zero-order valence-electron chi connectivity index (χ0n) is 14.9. The lowest BCUT2D eigenvalue weighted by Crippen LogP contribution is -2.20. The minimum atomic E-state index is -3.04.